The maximum Gasteiger partial charge on any atom is 0.188 e. The van der Waals surface area contributed by atoms with Crippen LogP contribution in [0.3, 0.4) is 0 Å². The number of ketones is 7. The molecule has 4 fully saturated rings. The van der Waals surface area contributed by atoms with E-state index in [0.717, 1.165) is 93.8 Å². The Bertz CT molecular complexity index is 2190. The number of rotatable bonds is 7. The minimum atomic E-state index is -0.493. The molecular weight excluding hydrogens is 907 g/mol. The summed E-state index contributed by atoms with van der Waals surface area (Å²) >= 11 is 0. The van der Waals surface area contributed by atoms with Gasteiger partial charge in [-0.2, -0.15) is 0 Å². The Morgan fingerprint density at radius 2 is 0.736 bits per heavy atom. The molecule has 0 heterocycles. The number of Topliss-reactive ketones (excluding diaryl/α,β-unsaturated/α-hetero) is 5. The van der Waals surface area contributed by atoms with Crippen molar-refractivity contribution in [3.63, 3.8) is 0 Å². The Hall–Kier alpha value is -5.05. The Morgan fingerprint density at radius 3 is 0.986 bits per heavy atom. The zero-order valence-corrected chi connectivity index (χ0v) is 47.2. The highest BCUT2D eigenvalue weighted by molar-refractivity contribution is 6.07. The molecular formula is C63H90F2O7. The van der Waals surface area contributed by atoms with Crippen LogP contribution in [0.4, 0.5) is 8.78 Å². The monoisotopic (exact) mass is 997 g/mol. The van der Waals surface area contributed by atoms with Crippen molar-refractivity contribution in [2.75, 3.05) is 0 Å². The number of hydrogen-bond acceptors (Lipinski definition) is 7. The predicted octanol–water partition coefficient (Wildman–Crippen LogP) is 17.3. The summed E-state index contributed by atoms with van der Waals surface area (Å²) < 4.78 is 26.6. The Kier molecular flexibility index (Phi) is 27.3. The highest BCUT2D eigenvalue weighted by atomic mass is 19.1. The lowest BCUT2D eigenvalue weighted by Gasteiger charge is -2.31. The van der Waals surface area contributed by atoms with Crippen LogP contribution in [0, 0.1) is 28.6 Å². The zero-order chi connectivity index (χ0) is 55.2. The normalized spacial score (nSPS) is 20.7. The smallest absolute Gasteiger partial charge is 0.188 e. The third-order valence-electron chi connectivity index (χ3n) is 13.4. The topological polar surface area (TPSA) is 119 Å². The number of allylic oxidation sites excluding steroid dienone is 8. The lowest BCUT2D eigenvalue weighted by molar-refractivity contribution is -0.115. The molecule has 4 aliphatic carbocycles. The maximum absolute atomic E-state index is 13.3. The lowest BCUT2D eigenvalue weighted by Crippen LogP contribution is -2.18. The Balaban J connectivity index is 0.000000433. The summed E-state index contributed by atoms with van der Waals surface area (Å²) in [6, 6.07) is 14.4. The fourth-order valence-corrected chi connectivity index (χ4v) is 9.82. The van der Waals surface area contributed by atoms with E-state index in [1.807, 2.05) is 43.3 Å². The van der Waals surface area contributed by atoms with Crippen molar-refractivity contribution in [1.29, 1.82) is 0 Å². The number of halogens is 2. The van der Waals surface area contributed by atoms with Crippen molar-refractivity contribution in [2.24, 2.45) is 21.7 Å². The van der Waals surface area contributed by atoms with Crippen molar-refractivity contribution >= 4 is 40.5 Å². The van der Waals surface area contributed by atoms with E-state index in [1.165, 1.54) is 70.1 Å². The van der Waals surface area contributed by atoms with E-state index in [9.17, 15) is 42.3 Å². The van der Waals surface area contributed by atoms with Crippen molar-refractivity contribution in [3.05, 3.63) is 117 Å². The van der Waals surface area contributed by atoms with E-state index in [4.69, 9.17) is 0 Å². The van der Waals surface area contributed by atoms with Crippen molar-refractivity contribution < 1.29 is 42.3 Å². The van der Waals surface area contributed by atoms with Gasteiger partial charge in [0.25, 0.3) is 0 Å². The average molecular weight is 997 g/mol. The lowest BCUT2D eigenvalue weighted by atomic mass is 9.74. The first-order chi connectivity index (χ1) is 33.2. The van der Waals surface area contributed by atoms with Gasteiger partial charge in [-0.15, -0.1) is 0 Å². The number of carbonyl (C=O) groups is 7. The molecule has 0 aromatic heterocycles. The first kappa shape index (κ1) is 65.0. The second-order valence-electron chi connectivity index (χ2n) is 23.6. The summed E-state index contributed by atoms with van der Waals surface area (Å²) in [6.45, 7) is 30.0. The number of hydrogen-bond donors (Lipinski definition) is 0. The molecule has 0 unspecified atom stereocenters. The SMILES string of the molecule is CC(=O)/C(F)=C1/CCCC(C)(C)C1.CC(=O)/C(F)=C1\CCCC(C)(C)C1.CC(=O)/C=C1/CCCC(C)(C)C1.CC(=O)/C=C1\CCCC(C)(C)C1.CC(=O)c1ccc(C)cc1.CC(=O)c1ccccc1C(C)=O. The van der Waals surface area contributed by atoms with Crippen LogP contribution >= 0.6 is 0 Å². The molecule has 72 heavy (non-hydrogen) atoms. The van der Waals surface area contributed by atoms with E-state index >= 15 is 0 Å². The Morgan fingerprint density at radius 1 is 0.431 bits per heavy atom. The summed E-state index contributed by atoms with van der Waals surface area (Å²) in [5.41, 5.74) is 8.29. The van der Waals surface area contributed by atoms with Crippen LogP contribution in [-0.4, -0.2) is 40.5 Å². The minimum Gasteiger partial charge on any atom is -0.295 e. The van der Waals surface area contributed by atoms with Gasteiger partial charge >= 0.3 is 0 Å². The molecule has 398 valence electrons. The molecule has 0 bridgehead atoms. The summed E-state index contributed by atoms with van der Waals surface area (Å²) in [5, 5.41) is 0. The molecule has 0 atom stereocenters. The number of benzene rings is 2. The second kappa shape index (κ2) is 30.2. The zero-order valence-electron chi connectivity index (χ0n) is 47.2. The molecule has 0 radical (unpaired) electrons. The van der Waals surface area contributed by atoms with Crippen LogP contribution in [-0.2, 0) is 19.2 Å². The molecule has 0 amide bonds. The van der Waals surface area contributed by atoms with Gasteiger partial charge in [0.1, 0.15) is 0 Å². The van der Waals surface area contributed by atoms with E-state index in [2.05, 4.69) is 55.4 Å². The van der Waals surface area contributed by atoms with Crippen LogP contribution in [0.1, 0.15) is 243 Å². The van der Waals surface area contributed by atoms with E-state index in [0.29, 0.717) is 22.0 Å². The minimum absolute atomic E-state index is 0.0687. The fourth-order valence-electron chi connectivity index (χ4n) is 9.82. The molecule has 4 aliphatic rings. The summed E-state index contributed by atoms with van der Waals surface area (Å²) in [6.07, 6.45) is 20.4. The first-order valence-corrected chi connectivity index (χ1v) is 26.0. The van der Waals surface area contributed by atoms with Crippen LogP contribution in [0.5, 0.6) is 0 Å². The molecule has 6 rings (SSSR count). The van der Waals surface area contributed by atoms with Crippen LogP contribution in [0.2, 0.25) is 0 Å². The quantitative estimate of drug-likeness (QED) is 0.200. The van der Waals surface area contributed by atoms with Crippen molar-refractivity contribution in [3.8, 4) is 0 Å². The van der Waals surface area contributed by atoms with Crippen LogP contribution in [0.25, 0.3) is 0 Å². The third kappa shape index (κ3) is 26.6. The van der Waals surface area contributed by atoms with Gasteiger partial charge in [-0.1, -0.05) is 121 Å². The standard InChI is InChI=1S/2C11H17FO.2C11H18O.C10H10O2.C9H10O/c2*1-8(13)10(12)9-5-4-6-11(2,3)7-9;2*1-9(12)7-10-5-4-6-11(2,3)8-10;1-7(11)9-5-3-4-6-10(9)8(2)12;1-7-3-5-9(6-4-7)8(2)10/h2*4-7H2,1-3H3;2*7H,4-6,8H2,1-3H3;3-6H,1-2H3;3-6H,1-2H3/b10-9+;10-9-;10-7+;10-7-;;. The van der Waals surface area contributed by atoms with Crippen molar-refractivity contribution in [1.82, 2.24) is 0 Å². The molecule has 2 aromatic carbocycles. The molecule has 0 spiro atoms. The number of aryl methyl sites for hydroxylation is 1. The summed E-state index contributed by atoms with van der Waals surface area (Å²) in [7, 11) is 0. The summed E-state index contributed by atoms with van der Waals surface area (Å²) in [5.74, 6) is -1.45. The fraction of sp³-hybridized carbons (Fsp3) is 0.571. The van der Waals surface area contributed by atoms with Gasteiger partial charge < -0.3 is 0 Å². The summed E-state index contributed by atoms with van der Waals surface area (Å²) in [4.78, 5) is 76.1. The second-order valence-corrected chi connectivity index (χ2v) is 23.6. The van der Waals surface area contributed by atoms with Gasteiger partial charge in [0, 0.05) is 30.5 Å². The van der Waals surface area contributed by atoms with E-state index < -0.39 is 23.2 Å². The molecule has 0 saturated heterocycles. The van der Waals surface area contributed by atoms with E-state index in [1.54, 1.807) is 45.0 Å². The molecule has 4 saturated carbocycles. The third-order valence-corrected chi connectivity index (χ3v) is 13.4. The van der Waals surface area contributed by atoms with Gasteiger partial charge in [-0.25, -0.2) is 8.78 Å². The van der Waals surface area contributed by atoms with Gasteiger partial charge in [-0.05, 0) is 189 Å². The highest BCUT2D eigenvalue weighted by Crippen LogP contribution is 2.42. The Labute approximate surface area is 433 Å². The van der Waals surface area contributed by atoms with Crippen molar-refractivity contribution in [2.45, 2.75) is 214 Å². The average Bonchev–Trinajstić information content (AvgIpc) is 3.25. The molecule has 7 nitrogen and oxygen atoms in total. The molecule has 0 N–H and O–H groups in total. The highest BCUT2D eigenvalue weighted by Gasteiger charge is 2.29. The maximum atomic E-state index is 13.3. The number of carbonyl (C=O) groups excluding carboxylic acids is 7. The van der Waals surface area contributed by atoms with Gasteiger partial charge in [0.05, 0.1) is 0 Å². The molecule has 2 aromatic rings. The van der Waals surface area contributed by atoms with Gasteiger partial charge in [0.15, 0.2) is 52.1 Å². The first-order valence-electron chi connectivity index (χ1n) is 26.0. The van der Waals surface area contributed by atoms with Crippen LogP contribution in [0.15, 0.2) is 94.6 Å². The molecule has 9 heteroatoms. The predicted molar refractivity (Wildman–Crippen MR) is 292 cm³/mol. The van der Waals surface area contributed by atoms with Gasteiger partial charge in [-0.3, -0.25) is 33.6 Å². The van der Waals surface area contributed by atoms with E-state index in [-0.39, 0.29) is 39.7 Å². The van der Waals surface area contributed by atoms with Crippen LogP contribution < -0.4 is 0 Å². The molecule has 0 aliphatic heterocycles. The van der Waals surface area contributed by atoms with Gasteiger partial charge in [0.2, 0.25) is 0 Å². The largest absolute Gasteiger partial charge is 0.295 e.